The number of fused-ring (bicyclic) bond motifs is 1. The van der Waals surface area contributed by atoms with Crippen molar-refractivity contribution >= 4 is 40.1 Å². The Morgan fingerprint density at radius 1 is 1.12 bits per heavy atom. The highest BCUT2D eigenvalue weighted by Crippen LogP contribution is 2.36. The Labute approximate surface area is 194 Å². The zero-order valence-electron chi connectivity index (χ0n) is 17.3. The number of nitrogens with zero attached hydrogens (tertiary/aromatic N) is 3. The third kappa shape index (κ3) is 3.59. The molecule has 1 fully saturated rings. The first-order valence-corrected chi connectivity index (χ1v) is 11.1. The lowest BCUT2D eigenvalue weighted by molar-refractivity contribution is 0.0961. The summed E-state index contributed by atoms with van der Waals surface area (Å²) in [5.41, 5.74) is 2.54. The first-order chi connectivity index (χ1) is 15.5. The second kappa shape index (κ2) is 8.11. The lowest BCUT2D eigenvalue weighted by Crippen LogP contribution is -2.32. The molecule has 0 bridgehead atoms. The molecule has 2 aromatic carbocycles. The van der Waals surface area contributed by atoms with Crippen molar-refractivity contribution in [1.82, 2.24) is 19.7 Å². The van der Waals surface area contributed by atoms with Crippen LogP contribution in [-0.4, -0.2) is 27.3 Å². The van der Waals surface area contributed by atoms with Crippen molar-refractivity contribution in [2.75, 3.05) is 7.05 Å². The Hall–Kier alpha value is -3.09. The summed E-state index contributed by atoms with van der Waals surface area (Å²) in [6.45, 7) is 0.528. The Morgan fingerprint density at radius 2 is 1.84 bits per heavy atom. The van der Waals surface area contributed by atoms with Gasteiger partial charge in [0.15, 0.2) is 5.65 Å². The first kappa shape index (κ1) is 20.8. The number of carbonyl (C=O) groups is 1. The molecule has 4 aromatic rings. The van der Waals surface area contributed by atoms with Crippen LogP contribution in [0, 0.1) is 5.92 Å². The number of halogens is 2. The largest absolute Gasteiger partial charge is 0.355 e. The zero-order chi connectivity index (χ0) is 22.4. The van der Waals surface area contributed by atoms with Gasteiger partial charge in [-0.2, -0.15) is 0 Å². The van der Waals surface area contributed by atoms with Crippen LogP contribution in [0.3, 0.4) is 0 Å². The maximum atomic E-state index is 13.3. The van der Waals surface area contributed by atoms with Gasteiger partial charge < -0.3 is 5.32 Å². The van der Waals surface area contributed by atoms with Crippen molar-refractivity contribution in [1.29, 1.82) is 0 Å². The molecule has 0 saturated heterocycles. The van der Waals surface area contributed by atoms with E-state index in [-0.39, 0.29) is 11.1 Å². The molecule has 8 heteroatoms. The van der Waals surface area contributed by atoms with Gasteiger partial charge in [-0.1, -0.05) is 47.5 Å². The van der Waals surface area contributed by atoms with Crippen LogP contribution in [0.2, 0.25) is 10.0 Å². The van der Waals surface area contributed by atoms with Crippen molar-refractivity contribution in [2.24, 2.45) is 5.92 Å². The average molecular weight is 467 g/mol. The van der Waals surface area contributed by atoms with Crippen LogP contribution in [0.15, 0.2) is 59.4 Å². The van der Waals surface area contributed by atoms with Crippen LogP contribution in [-0.2, 0) is 6.54 Å². The molecule has 1 aliphatic rings. The van der Waals surface area contributed by atoms with Crippen molar-refractivity contribution in [3.05, 3.63) is 80.6 Å². The molecule has 6 nitrogen and oxygen atoms in total. The summed E-state index contributed by atoms with van der Waals surface area (Å²) >= 11 is 12.7. The Balaban J connectivity index is 1.89. The Kier molecular flexibility index (Phi) is 5.27. The number of amides is 1. The number of carbonyl (C=O) groups excluding carboxylic acids is 1. The standard InChI is InChI=1S/C24H20Cl2N4O2/c1-27-23(31)18-12-17-21(15-8-10-16(25)11-9-15)30(20-5-3-2-4-19(20)26)28-22(17)29(24(18)32)13-14-6-7-14/h2-5,8-12,14H,6-7,13H2,1H3,(H,27,31). The number of para-hydroxylation sites is 1. The van der Waals surface area contributed by atoms with Crippen LogP contribution < -0.4 is 10.9 Å². The number of nitrogens with one attached hydrogen (secondary N) is 1. The lowest BCUT2D eigenvalue weighted by Gasteiger charge is -2.10. The fraction of sp³-hybridized carbons (Fsp3) is 0.208. The van der Waals surface area contributed by atoms with Gasteiger partial charge in [-0.25, -0.2) is 4.68 Å². The molecule has 0 aliphatic heterocycles. The fourth-order valence-electron chi connectivity index (χ4n) is 3.91. The normalized spacial score (nSPS) is 13.5. The van der Waals surface area contributed by atoms with Crippen LogP contribution in [0.5, 0.6) is 0 Å². The fourth-order valence-corrected chi connectivity index (χ4v) is 4.25. The third-order valence-corrected chi connectivity index (χ3v) is 6.30. The van der Waals surface area contributed by atoms with E-state index in [1.165, 1.54) is 7.05 Å². The summed E-state index contributed by atoms with van der Waals surface area (Å²) in [7, 11) is 1.52. The van der Waals surface area contributed by atoms with E-state index >= 15 is 0 Å². The molecule has 2 aromatic heterocycles. The summed E-state index contributed by atoms with van der Waals surface area (Å²) in [4.78, 5) is 25.8. The second-order valence-corrected chi connectivity index (χ2v) is 8.80. The number of pyridine rings is 1. The highest BCUT2D eigenvalue weighted by Gasteiger charge is 2.28. The summed E-state index contributed by atoms with van der Waals surface area (Å²) in [6, 6.07) is 16.4. The van der Waals surface area contributed by atoms with Gasteiger partial charge in [-0.05, 0) is 49.1 Å². The Morgan fingerprint density at radius 3 is 2.50 bits per heavy atom. The molecule has 1 aliphatic carbocycles. The number of aromatic nitrogens is 3. The highest BCUT2D eigenvalue weighted by atomic mass is 35.5. The maximum Gasteiger partial charge on any atom is 0.265 e. The van der Waals surface area contributed by atoms with Gasteiger partial charge in [0, 0.05) is 29.6 Å². The molecule has 0 atom stereocenters. The minimum absolute atomic E-state index is 0.0922. The first-order valence-electron chi connectivity index (χ1n) is 10.4. The summed E-state index contributed by atoms with van der Waals surface area (Å²) in [6.07, 6.45) is 2.13. The number of hydrogen-bond acceptors (Lipinski definition) is 3. The lowest BCUT2D eigenvalue weighted by atomic mass is 10.1. The van der Waals surface area contributed by atoms with Crippen LogP contribution in [0.25, 0.3) is 28.0 Å². The van der Waals surface area contributed by atoms with E-state index in [9.17, 15) is 9.59 Å². The number of hydrogen-bond donors (Lipinski definition) is 1. The molecule has 0 radical (unpaired) electrons. The van der Waals surface area contributed by atoms with Gasteiger partial charge in [0.25, 0.3) is 11.5 Å². The molecular formula is C24H20Cl2N4O2. The van der Waals surface area contributed by atoms with E-state index in [4.69, 9.17) is 28.3 Å². The molecular weight excluding hydrogens is 447 g/mol. The summed E-state index contributed by atoms with van der Waals surface area (Å²) in [5.74, 6) is -0.00530. The molecule has 1 amide bonds. The predicted octanol–water partition coefficient (Wildman–Crippen LogP) is 4.93. The van der Waals surface area contributed by atoms with Gasteiger partial charge in [-0.3, -0.25) is 14.2 Å². The van der Waals surface area contributed by atoms with Crippen LogP contribution >= 0.6 is 23.2 Å². The molecule has 0 spiro atoms. The van der Waals surface area contributed by atoms with Gasteiger partial charge >= 0.3 is 0 Å². The molecule has 2 heterocycles. The zero-order valence-corrected chi connectivity index (χ0v) is 18.8. The van der Waals surface area contributed by atoms with Gasteiger partial charge in [0.05, 0.1) is 16.4 Å². The van der Waals surface area contributed by atoms with Gasteiger partial charge in [0.1, 0.15) is 5.56 Å². The van der Waals surface area contributed by atoms with Crippen molar-refractivity contribution < 1.29 is 4.79 Å². The van der Waals surface area contributed by atoms with E-state index in [0.29, 0.717) is 39.2 Å². The molecule has 0 unspecified atom stereocenters. The van der Waals surface area contributed by atoms with Crippen molar-refractivity contribution in [2.45, 2.75) is 19.4 Å². The smallest absolute Gasteiger partial charge is 0.265 e. The van der Waals surface area contributed by atoms with E-state index < -0.39 is 5.91 Å². The molecule has 1 N–H and O–H groups in total. The van der Waals surface area contributed by atoms with Gasteiger partial charge in [0.2, 0.25) is 0 Å². The van der Waals surface area contributed by atoms with Crippen molar-refractivity contribution in [3.63, 3.8) is 0 Å². The minimum atomic E-state index is -0.422. The minimum Gasteiger partial charge on any atom is -0.355 e. The topological polar surface area (TPSA) is 68.9 Å². The van der Waals surface area contributed by atoms with E-state index in [0.717, 1.165) is 24.1 Å². The molecule has 32 heavy (non-hydrogen) atoms. The van der Waals surface area contributed by atoms with E-state index in [2.05, 4.69) is 5.32 Å². The monoisotopic (exact) mass is 466 g/mol. The van der Waals surface area contributed by atoms with Crippen molar-refractivity contribution in [3.8, 4) is 16.9 Å². The van der Waals surface area contributed by atoms with Crippen LogP contribution in [0.4, 0.5) is 0 Å². The quantitative estimate of drug-likeness (QED) is 0.453. The predicted molar refractivity (Wildman–Crippen MR) is 127 cm³/mol. The summed E-state index contributed by atoms with van der Waals surface area (Å²) in [5, 5.41) is 9.26. The van der Waals surface area contributed by atoms with E-state index in [1.807, 2.05) is 30.3 Å². The van der Waals surface area contributed by atoms with E-state index in [1.54, 1.807) is 33.5 Å². The summed E-state index contributed by atoms with van der Waals surface area (Å²) < 4.78 is 3.37. The third-order valence-electron chi connectivity index (χ3n) is 5.73. The number of benzene rings is 2. The SMILES string of the molecule is CNC(=O)c1cc2c(-c3ccc(Cl)cc3)n(-c3ccccc3Cl)nc2n(CC2CC2)c1=O. The number of rotatable bonds is 5. The average Bonchev–Trinajstić information content (AvgIpc) is 3.54. The molecule has 1 saturated carbocycles. The maximum absolute atomic E-state index is 13.3. The van der Waals surface area contributed by atoms with Crippen LogP contribution in [0.1, 0.15) is 23.2 Å². The highest BCUT2D eigenvalue weighted by molar-refractivity contribution is 6.32. The second-order valence-electron chi connectivity index (χ2n) is 7.95. The molecule has 162 valence electrons. The Bertz CT molecular complexity index is 1400. The van der Waals surface area contributed by atoms with Gasteiger partial charge in [-0.15, -0.1) is 5.10 Å². The molecule has 5 rings (SSSR count).